The third-order valence-electron chi connectivity index (χ3n) is 3.19. The van der Waals surface area contributed by atoms with Gasteiger partial charge in [-0.05, 0) is 31.0 Å². The summed E-state index contributed by atoms with van der Waals surface area (Å²) in [5.41, 5.74) is 0.330. The lowest BCUT2D eigenvalue weighted by Gasteiger charge is -2.12. The second kappa shape index (κ2) is 4.53. The number of phenolic OH excluding ortho intramolecular Hbond substituents is 1. The smallest absolute Gasteiger partial charge is 0.241 e. The maximum absolute atomic E-state index is 13.2. The van der Waals surface area contributed by atoms with Crippen LogP contribution in [0.4, 0.5) is 8.78 Å². The molecule has 18 heavy (non-hydrogen) atoms. The number of phenols is 1. The van der Waals surface area contributed by atoms with Crippen molar-refractivity contribution >= 4 is 5.91 Å². The molecule has 0 bridgehead atoms. The number of amides is 1. The number of hydrogen-bond acceptors (Lipinski definition) is 3. The van der Waals surface area contributed by atoms with E-state index in [4.69, 9.17) is 5.11 Å². The number of likely N-dealkylation sites (N-methyl/N-ethyl adjacent to an activating group) is 1. The van der Waals surface area contributed by atoms with Crippen molar-refractivity contribution in [3.8, 4) is 5.75 Å². The number of benzene rings is 1. The first-order valence-electron chi connectivity index (χ1n) is 5.59. The Morgan fingerprint density at radius 1 is 1.39 bits per heavy atom. The molecule has 0 aromatic heterocycles. The number of aromatic hydroxyl groups is 1. The third kappa shape index (κ3) is 2.15. The monoisotopic (exact) mass is 256 g/mol. The molecule has 6 heteroatoms. The Morgan fingerprint density at radius 3 is 2.39 bits per heavy atom. The van der Waals surface area contributed by atoms with Gasteiger partial charge in [-0.25, -0.2) is 8.78 Å². The molecule has 2 atom stereocenters. The van der Waals surface area contributed by atoms with Crippen LogP contribution in [0.3, 0.4) is 0 Å². The second-order valence-corrected chi connectivity index (χ2v) is 4.46. The van der Waals surface area contributed by atoms with Crippen LogP contribution in [0.5, 0.6) is 5.75 Å². The first-order chi connectivity index (χ1) is 8.40. The summed E-state index contributed by atoms with van der Waals surface area (Å²) in [4.78, 5) is 13.3. The van der Waals surface area contributed by atoms with Gasteiger partial charge in [0.15, 0.2) is 17.4 Å². The fourth-order valence-electron chi connectivity index (χ4n) is 2.03. The summed E-state index contributed by atoms with van der Waals surface area (Å²) < 4.78 is 26.3. The second-order valence-electron chi connectivity index (χ2n) is 4.46. The fourth-order valence-corrected chi connectivity index (χ4v) is 2.03. The minimum absolute atomic E-state index is 0.102. The lowest BCUT2D eigenvalue weighted by Crippen LogP contribution is -2.32. The summed E-state index contributed by atoms with van der Waals surface area (Å²) in [6.45, 7) is 1.83. The van der Waals surface area contributed by atoms with Gasteiger partial charge in [-0.2, -0.15) is 0 Å². The zero-order valence-electron chi connectivity index (χ0n) is 10.1. The van der Waals surface area contributed by atoms with Crippen LogP contribution in [0.2, 0.25) is 0 Å². The van der Waals surface area contributed by atoms with Crippen molar-refractivity contribution in [2.24, 2.45) is 0 Å². The van der Waals surface area contributed by atoms with E-state index in [1.165, 1.54) is 4.90 Å². The van der Waals surface area contributed by atoms with Crippen molar-refractivity contribution in [2.75, 3.05) is 7.05 Å². The molecule has 2 N–H and O–H groups in total. The molecule has 1 fully saturated rings. The molecule has 4 nitrogen and oxygen atoms in total. The average molecular weight is 256 g/mol. The third-order valence-corrected chi connectivity index (χ3v) is 3.19. The van der Waals surface area contributed by atoms with Gasteiger partial charge in [0.2, 0.25) is 5.91 Å². The van der Waals surface area contributed by atoms with Crippen molar-refractivity contribution in [3.05, 3.63) is 29.3 Å². The summed E-state index contributed by atoms with van der Waals surface area (Å²) in [6, 6.07) is 1.58. The Balaban J connectivity index is 2.18. The fraction of sp³-hybridized carbons (Fsp3) is 0.417. The molecule has 98 valence electrons. The topological polar surface area (TPSA) is 52.6 Å². The van der Waals surface area contributed by atoms with Gasteiger partial charge >= 0.3 is 0 Å². The predicted molar refractivity (Wildman–Crippen MR) is 60.9 cm³/mol. The van der Waals surface area contributed by atoms with Gasteiger partial charge < -0.3 is 10.0 Å². The molecule has 1 saturated heterocycles. The minimum Gasteiger partial charge on any atom is -0.503 e. The van der Waals surface area contributed by atoms with Gasteiger partial charge in [-0.1, -0.05) is 0 Å². The number of nitrogens with zero attached hydrogens (tertiary/aromatic N) is 1. The summed E-state index contributed by atoms with van der Waals surface area (Å²) in [6.07, 6.45) is 0.0797. The van der Waals surface area contributed by atoms with Gasteiger partial charge in [0.25, 0.3) is 0 Å². The molecule has 1 aromatic rings. The van der Waals surface area contributed by atoms with Crippen molar-refractivity contribution < 1.29 is 18.7 Å². The van der Waals surface area contributed by atoms with Gasteiger partial charge in [0.05, 0.1) is 12.2 Å². The summed E-state index contributed by atoms with van der Waals surface area (Å²) in [5.74, 6) is -3.14. The van der Waals surface area contributed by atoms with Gasteiger partial charge in [0.1, 0.15) is 0 Å². The van der Waals surface area contributed by atoms with Crippen molar-refractivity contribution in [3.63, 3.8) is 0 Å². The predicted octanol–water partition coefficient (Wildman–Crippen LogP) is 0.989. The van der Waals surface area contributed by atoms with Crippen molar-refractivity contribution in [2.45, 2.75) is 25.6 Å². The largest absolute Gasteiger partial charge is 0.503 e. The normalized spacial score (nSPS) is 23.8. The van der Waals surface area contributed by atoms with E-state index in [1.807, 2.05) is 6.92 Å². The van der Waals surface area contributed by atoms with E-state index in [9.17, 15) is 13.6 Å². The average Bonchev–Trinajstić information content (AvgIpc) is 2.54. The number of rotatable bonds is 2. The first-order valence-corrected chi connectivity index (χ1v) is 5.59. The summed E-state index contributed by atoms with van der Waals surface area (Å²) in [7, 11) is 1.66. The lowest BCUT2D eigenvalue weighted by atomic mass is 10.1. The molecule has 1 amide bonds. The van der Waals surface area contributed by atoms with Crippen LogP contribution in [0.25, 0.3) is 0 Å². The zero-order valence-corrected chi connectivity index (χ0v) is 10.1. The summed E-state index contributed by atoms with van der Waals surface area (Å²) in [5, 5.41) is 12.0. The minimum atomic E-state index is -1.02. The number of nitrogens with one attached hydrogen (secondary N) is 1. The Bertz CT molecular complexity index is 470. The van der Waals surface area contributed by atoms with E-state index in [2.05, 4.69) is 5.32 Å². The lowest BCUT2D eigenvalue weighted by molar-refractivity contribution is -0.128. The van der Waals surface area contributed by atoms with Crippen LogP contribution >= 0.6 is 0 Å². The molecule has 0 aliphatic carbocycles. The van der Waals surface area contributed by atoms with Crippen molar-refractivity contribution in [1.29, 1.82) is 0 Å². The van der Waals surface area contributed by atoms with Crippen LogP contribution in [0.1, 0.15) is 12.5 Å². The van der Waals surface area contributed by atoms with Crippen LogP contribution in [-0.2, 0) is 11.2 Å². The quantitative estimate of drug-likeness (QED) is 0.829. The number of hydrogen-bond donors (Lipinski definition) is 2. The van der Waals surface area contributed by atoms with Crippen LogP contribution < -0.4 is 5.32 Å². The van der Waals surface area contributed by atoms with Crippen molar-refractivity contribution in [1.82, 2.24) is 10.2 Å². The van der Waals surface area contributed by atoms with Gasteiger partial charge in [0, 0.05) is 7.05 Å². The highest BCUT2D eigenvalue weighted by Crippen LogP contribution is 2.23. The van der Waals surface area contributed by atoms with Gasteiger partial charge in [-0.3, -0.25) is 10.1 Å². The van der Waals surface area contributed by atoms with E-state index in [0.717, 1.165) is 12.1 Å². The molecular formula is C12H14F2N2O2. The van der Waals surface area contributed by atoms with Gasteiger partial charge in [-0.15, -0.1) is 0 Å². The molecule has 1 aliphatic heterocycles. The summed E-state index contributed by atoms with van der Waals surface area (Å²) >= 11 is 0. The van der Waals surface area contributed by atoms with Crippen LogP contribution in [0, 0.1) is 11.6 Å². The Morgan fingerprint density at radius 2 is 1.94 bits per heavy atom. The Labute approximate surface area is 103 Å². The highest BCUT2D eigenvalue weighted by molar-refractivity contribution is 5.84. The SMILES string of the molecule is CC1NC(Cc2cc(F)c(O)c(F)c2)C(=O)N1C. The standard InChI is InChI=1S/C12H14F2N2O2/c1-6-15-10(12(18)16(6)2)5-7-3-8(13)11(17)9(14)4-7/h3-4,6,10,15,17H,5H2,1-2H3. The molecular weight excluding hydrogens is 242 g/mol. The molecule has 0 saturated carbocycles. The van der Waals surface area contributed by atoms with E-state index >= 15 is 0 Å². The van der Waals surface area contributed by atoms with E-state index in [0.29, 0.717) is 5.56 Å². The van der Waals surface area contributed by atoms with Crippen LogP contribution in [-0.4, -0.2) is 35.2 Å². The molecule has 1 heterocycles. The van der Waals surface area contributed by atoms with E-state index < -0.39 is 23.4 Å². The number of halogens is 2. The molecule has 0 radical (unpaired) electrons. The Kier molecular flexibility index (Phi) is 3.21. The molecule has 1 aromatic carbocycles. The molecule has 2 unspecified atom stereocenters. The molecule has 2 rings (SSSR count). The van der Waals surface area contributed by atoms with E-state index in [-0.39, 0.29) is 18.5 Å². The number of carbonyl (C=O) groups excluding carboxylic acids is 1. The number of carbonyl (C=O) groups is 1. The maximum atomic E-state index is 13.2. The Hall–Kier alpha value is -1.69. The maximum Gasteiger partial charge on any atom is 0.241 e. The first kappa shape index (κ1) is 12.8. The highest BCUT2D eigenvalue weighted by Gasteiger charge is 2.33. The molecule has 0 spiro atoms. The van der Waals surface area contributed by atoms with Crippen LogP contribution in [0.15, 0.2) is 12.1 Å². The molecule has 1 aliphatic rings. The zero-order chi connectivity index (χ0) is 13.4. The van der Waals surface area contributed by atoms with E-state index in [1.54, 1.807) is 7.05 Å². The highest BCUT2D eigenvalue weighted by atomic mass is 19.1.